The summed E-state index contributed by atoms with van der Waals surface area (Å²) in [6.07, 6.45) is 0.307. The van der Waals surface area contributed by atoms with Crippen molar-refractivity contribution in [3.05, 3.63) is 63.6 Å². The summed E-state index contributed by atoms with van der Waals surface area (Å²) in [5.41, 5.74) is 7.25. The van der Waals surface area contributed by atoms with Crippen LogP contribution >= 0.6 is 15.9 Å². The Morgan fingerprint density at radius 2 is 1.90 bits per heavy atom. The molecular weight excluding hydrogens is 328 g/mol. The third-order valence-corrected chi connectivity index (χ3v) is 3.68. The number of rotatable bonds is 4. The second kappa shape index (κ2) is 6.33. The maximum absolute atomic E-state index is 13.6. The van der Waals surface area contributed by atoms with Crippen LogP contribution in [0.1, 0.15) is 17.2 Å². The summed E-state index contributed by atoms with van der Waals surface area (Å²) in [5.74, 6) is -0.374. The molecule has 0 aromatic heterocycles. The summed E-state index contributed by atoms with van der Waals surface area (Å²) in [6.45, 7) is 0. The standard InChI is InChI=1S/C15H14BrF2NO/c1-20-15-8-13(18)11(16)7-10(15)14(19)6-9-4-2-3-5-12(9)17/h2-5,7-8,14H,6,19H2,1H3. The Morgan fingerprint density at radius 3 is 2.55 bits per heavy atom. The van der Waals surface area contributed by atoms with E-state index in [-0.39, 0.29) is 5.82 Å². The Morgan fingerprint density at radius 1 is 1.20 bits per heavy atom. The van der Waals surface area contributed by atoms with Crippen molar-refractivity contribution in [3.63, 3.8) is 0 Å². The van der Waals surface area contributed by atoms with Crippen molar-refractivity contribution in [1.29, 1.82) is 0 Å². The average Bonchev–Trinajstić information content (AvgIpc) is 2.43. The molecule has 0 radical (unpaired) electrons. The van der Waals surface area contributed by atoms with Gasteiger partial charge in [-0.1, -0.05) is 18.2 Å². The Bertz CT molecular complexity index is 619. The molecule has 0 fully saturated rings. The van der Waals surface area contributed by atoms with Crippen molar-refractivity contribution in [2.75, 3.05) is 7.11 Å². The van der Waals surface area contributed by atoms with Crippen LogP contribution in [0.4, 0.5) is 8.78 Å². The minimum Gasteiger partial charge on any atom is -0.496 e. The first kappa shape index (κ1) is 14.9. The zero-order valence-corrected chi connectivity index (χ0v) is 12.5. The Hall–Kier alpha value is -1.46. The van der Waals surface area contributed by atoms with Gasteiger partial charge in [0.2, 0.25) is 0 Å². The van der Waals surface area contributed by atoms with Gasteiger partial charge in [0.25, 0.3) is 0 Å². The Balaban J connectivity index is 2.32. The third kappa shape index (κ3) is 3.16. The van der Waals surface area contributed by atoms with Gasteiger partial charge < -0.3 is 10.5 Å². The molecule has 0 saturated heterocycles. The predicted molar refractivity (Wildman–Crippen MR) is 77.7 cm³/mol. The highest BCUT2D eigenvalue weighted by Crippen LogP contribution is 2.31. The molecule has 2 aromatic rings. The van der Waals surface area contributed by atoms with Crippen LogP contribution in [0.2, 0.25) is 0 Å². The normalized spacial score (nSPS) is 12.2. The first-order chi connectivity index (χ1) is 9.52. The minimum atomic E-state index is -0.487. The van der Waals surface area contributed by atoms with Gasteiger partial charge in [-0.25, -0.2) is 8.78 Å². The van der Waals surface area contributed by atoms with Crippen LogP contribution in [0, 0.1) is 11.6 Å². The van der Waals surface area contributed by atoms with Gasteiger partial charge >= 0.3 is 0 Å². The second-order valence-electron chi connectivity index (χ2n) is 4.41. The predicted octanol–water partition coefficient (Wildman–Crippen LogP) is 3.98. The van der Waals surface area contributed by atoms with Gasteiger partial charge in [-0.3, -0.25) is 0 Å². The number of hydrogen-bond acceptors (Lipinski definition) is 2. The Kier molecular flexibility index (Phi) is 4.73. The average molecular weight is 342 g/mol. The van der Waals surface area contributed by atoms with E-state index in [4.69, 9.17) is 10.5 Å². The zero-order valence-electron chi connectivity index (χ0n) is 10.9. The fourth-order valence-corrected chi connectivity index (χ4v) is 2.38. The number of hydrogen-bond donors (Lipinski definition) is 1. The molecule has 0 aliphatic heterocycles. The van der Waals surface area contributed by atoms with Crippen molar-refractivity contribution < 1.29 is 13.5 Å². The van der Waals surface area contributed by atoms with Gasteiger partial charge in [0.15, 0.2) is 0 Å². The molecule has 2 N–H and O–H groups in total. The van der Waals surface area contributed by atoms with Crippen molar-refractivity contribution in [3.8, 4) is 5.75 Å². The van der Waals surface area contributed by atoms with Crippen LogP contribution in [-0.2, 0) is 6.42 Å². The van der Waals surface area contributed by atoms with Crippen molar-refractivity contribution in [2.24, 2.45) is 5.73 Å². The van der Waals surface area contributed by atoms with E-state index in [1.165, 1.54) is 19.2 Å². The molecule has 0 aliphatic carbocycles. The van der Waals surface area contributed by atoms with E-state index in [0.29, 0.717) is 27.8 Å². The molecule has 0 amide bonds. The number of nitrogens with two attached hydrogens (primary N) is 1. The molecule has 5 heteroatoms. The second-order valence-corrected chi connectivity index (χ2v) is 5.26. The lowest BCUT2D eigenvalue weighted by atomic mass is 9.98. The highest BCUT2D eigenvalue weighted by Gasteiger charge is 2.17. The summed E-state index contributed by atoms with van der Waals surface area (Å²) in [5, 5.41) is 0. The molecule has 1 atom stereocenters. The molecule has 106 valence electrons. The van der Waals surface area contributed by atoms with Gasteiger partial charge in [0.1, 0.15) is 17.4 Å². The largest absolute Gasteiger partial charge is 0.496 e. The summed E-state index contributed by atoms with van der Waals surface area (Å²) < 4.78 is 32.5. The summed E-state index contributed by atoms with van der Waals surface area (Å²) in [6, 6.07) is 8.79. The van der Waals surface area contributed by atoms with Gasteiger partial charge in [0.05, 0.1) is 11.6 Å². The van der Waals surface area contributed by atoms with E-state index < -0.39 is 11.9 Å². The number of benzene rings is 2. The summed E-state index contributed by atoms with van der Waals surface area (Å²) in [4.78, 5) is 0. The molecule has 0 saturated carbocycles. The molecule has 2 nitrogen and oxygen atoms in total. The smallest absolute Gasteiger partial charge is 0.141 e. The molecule has 0 spiro atoms. The topological polar surface area (TPSA) is 35.2 Å². The monoisotopic (exact) mass is 341 g/mol. The molecular formula is C15H14BrF2NO. The van der Waals surface area contributed by atoms with Crippen molar-refractivity contribution in [1.82, 2.24) is 0 Å². The lowest BCUT2D eigenvalue weighted by Gasteiger charge is -2.17. The first-order valence-electron chi connectivity index (χ1n) is 6.05. The quantitative estimate of drug-likeness (QED) is 0.912. The zero-order chi connectivity index (χ0) is 14.7. The van der Waals surface area contributed by atoms with E-state index in [9.17, 15) is 8.78 Å². The lowest BCUT2D eigenvalue weighted by molar-refractivity contribution is 0.401. The first-order valence-corrected chi connectivity index (χ1v) is 6.84. The van der Waals surface area contributed by atoms with E-state index in [0.717, 1.165) is 0 Å². The van der Waals surface area contributed by atoms with E-state index in [1.54, 1.807) is 24.3 Å². The highest BCUT2D eigenvalue weighted by atomic mass is 79.9. The van der Waals surface area contributed by atoms with Gasteiger partial charge in [-0.2, -0.15) is 0 Å². The minimum absolute atomic E-state index is 0.303. The van der Waals surface area contributed by atoms with E-state index in [2.05, 4.69) is 15.9 Å². The maximum Gasteiger partial charge on any atom is 0.141 e. The number of methoxy groups -OCH3 is 1. The molecule has 2 rings (SSSR count). The maximum atomic E-state index is 13.6. The number of halogens is 3. The van der Waals surface area contributed by atoms with Crippen LogP contribution in [-0.4, -0.2) is 7.11 Å². The number of ether oxygens (including phenoxy) is 1. The molecule has 0 aliphatic rings. The van der Waals surface area contributed by atoms with Crippen LogP contribution < -0.4 is 10.5 Å². The van der Waals surface area contributed by atoms with E-state index in [1.807, 2.05) is 0 Å². The molecule has 1 unspecified atom stereocenters. The van der Waals surface area contributed by atoms with Crippen molar-refractivity contribution in [2.45, 2.75) is 12.5 Å². The van der Waals surface area contributed by atoms with Crippen LogP contribution in [0.5, 0.6) is 5.75 Å². The highest BCUT2D eigenvalue weighted by molar-refractivity contribution is 9.10. The van der Waals surface area contributed by atoms with Gasteiger partial charge in [-0.05, 0) is 40.0 Å². The molecule has 0 bridgehead atoms. The lowest BCUT2D eigenvalue weighted by Crippen LogP contribution is -2.15. The SMILES string of the molecule is COc1cc(F)c(Br)cc1C(N)Cc1ccccc1F. The van der Waals surface area contributed by atoms with E-state index >= 15 is 0 Å². The van der Waals surface area contributed by atoms with Crippen LogP contribution in [0.25, 0.3) is 0 Å². The third-order valence-electron chi connectivity index (χ3n) is 3.07. The fourth-order valence-electron chi connectivity index (χ4n) is 2.02. The molecule has 20 heavy (non-hydrogen) atoms. The van der Waals surface area contributed by atoms with Crippen molar-refractivity contribution >= 4 is 15.9 Å². The summed E-state index contributed by atoms with van der Waals surface area (Å²) in [7, 11) is 1.45. The molecule has 0 heterocycles. The summed E-state index contributed by atoms with van der Waals surface area (Å²) >= 11 is 3.12. The fraction of sp³-hybridized carbons (Fsp3) is 0.200. The van der Waals surface area contributed by atoms with Gasteiger partial charge in [-0.15, -0.1) is 0 Å². The molecule has 2 aromatic carbocycles. The van der Waals surface area contributed by atoms with Crippen LogP contribution in [0.15, 0.2) is 40.9 Å². The van der Waals surface area contributed by atoms with Gasteiger partial charge in [0, 0.05) is 17.7 Å². The van der Waals surface area contributed by atoms with Crippen LogP contribution in [0.3, 0.4) is 0 Å². The Labute approximate surface area is 124 Å².